The third-order valence-corrected chi connectivity index (χ3v) is 1.77. The van der Waals surface area contributed by atoms with Crippen molar-refractivity contribution in [3.8, 4) is 5.95 Å². The van der Waals surface area contributed by atoms with E-state index < -0.39 is 0 Å². The normalized spacial score (nSPS) is 10.4. The number of carbonyl (C=O) groups is 1. The molecule has 1 amide bonds. The van der Waals surface area contributed by atoms with Crippen molar-refractivity contribution in [3.05, 3.63) is 11.8 Å². The molecule has 0 aromatic carbocycles. The monoisotopic (exact) mass is 213 g/mol. The zero-order valence-corrected chi connectivity index (χ0v) is 9.11. The number of hydrogen-bond acceptors (Lipinski definition) is 5. The second kappa shape index (κ2) is 5.35. The van der Waals surface area contributed by atoms with Gasteiger partial charge in [0, 0.05) is 13.1 Å². The second-order valence-corrected chi connectivity index (χ2v) is 3.29. The van der Waals surface area contributed by atoms with Gasteiger partial charge in [0.1, 0.15) is 0 Å². The molecule has 0 aliphatic heterocycles. The van der Waals surface area contributed by atoms with Gasteiger partial charge in [-0.2, -0.15) is 0 Å². The van der Waals surface area contributed by atoms with Crippen LogP contribution in [-0.2, 0) is 0 Å². The molecule has 0 unspecified atom stereocenters. The summed E-state index contributed by atoms with van der Waals surface area (Å²) < 4.78 is 9.49. The number of hydrogen-bond donors (Lipinski definition) is 1. The van der Waals surface area contributed by atoms with Crippen LogP contribution in [0.3, 0.4) is 0 Å². The maximum Gasteiger partial charge on any atom is 0.311 e. The van der Waals surface area contributed by atoms with E-state index in [1.165, 1.54) is 13.2 Å². The second-order valence-electron chi connectivity index (χ2n) is 3.29. The molecule has 1 aromatic heterocycles. The number of nitrogens with zero attached hydrogens (tertiary/aromatic N) is 2. The summed E-state index contributed by atoms with van der Waals surface area (Å²) in [6.45, 7) is 1.35. The van der Waals surface area contributed by atoms with E-state index in [9.17, 15) is 4.79 Å². The van der Waals surface area contributed by atoms with Crippen molar-refractivity contribution in [2.45, 2.75) is 0 Å². The Morgan fingerprint density at radius 2 is 2.40 bits per heavy atom. The maximum absolute atomic E-state index is 11.4. The quantitative estimate of drug-likeness (QED) is 0.744. The van der Waals surface area contributed by atoms with Crippen LogP contribution in [0.5, 0.6) is 5.95 Å². The predicted octanol–water partition coefficient (Wildman–Crippen LogP) is -0.0254. The van der Waals surface area contributed by atoms with Crippen LogP contribution in [0.1, 0.15) is 10.5 Å². The van der Waals surface area contributed by atoms with Crippen molar-refractivity contribution < 1.29 is 14.1 Å². The van der Waals surface area contributed by atoms with E-state index in [4.69, 9.17) is 9.26 Å². The first-order valence-electron chi connectivity index (χ1n) is 4.57. The Hall–Kier alpha value is -1.56. The van der Waals surface area contributed by atoms with Gasteiger partial charge in [0.25, 0.3) is 5.91 Å². The van der Waals surface area contributed by atoms with Gasteiger partial charge < -0.3 is 19.5 Å². The lowest BCUT2D eigenvalue weighted by Crippen LogP contribution is -2.31. The highest BCUT2D eigenvalue weighted by Gasteiger charge is 2.11. The average Bonchev–Trinajstić information content (AvgIpc) is 2.65. The first-order chi connectivity index (χ1) is 7.13. The largest absolute Gasteiger partial charge is 0.467 e. The number of aromatic nitrogens is 1. The summed E-state index contributed by atoms with van der Waals surface area (Å²) in [7, 11) is 5.32. The smallest absolute Gasteiger partial charge is 0.311 e. The summed E-state index contributed by atoms with van der Waals surface area (Å²) in [6, 6.07) is 1.45. The number of amides is 1. The Kier molecular flexibility index (Phi) is 4.11. The van der Waals surface area contributed by atoms with Crippen LogP contribution in [0.2, 0.25) is 0 Å². The molecule has 1 aromatic rings. The summed E-state index contributed by atoms with van der Waals surface area (Å²) in [5.74, 6) is -0.0309. The number of rotatable bonds is 5. The minimum Gasteiger partial charge on any atom is -0.467 e. The number of nitrogens with one attached hydrogen (secondary N) is 1. The van der Waals surface area contributed by atoms with Gasteiger partial charge >= 0.3 is 5.95 Å². The fourth-order valence-corrected chi connectivity index (χ4v) is 0.945. The van der Waals surface area contributed by atoms with Crippen molar-refractivity contribution in [1.82, 2.24) is 15.4 Å². The van der Waals surface area contributed by atoms with Crippen molar-refractivity contribution in [2.24, 2.45) is 0 Å². The van der Waals surface area contributed by atoms with Crippen LogP contribution >= 0.6 is 0 Å². The van der Waals surface area contributed by atoms with Gasteiger partial charge in [-0.3, -0.25) is 4.79 Å². The fourth-order valence-electron chi connectivity index (χ4n) is 0.945. The first-order valence-corrected chi connectivity index (χ1v) is 4.57. The molecule has 0 radical (unpaired) electrons. The average molecular weight is 213 g/mol. The topological polar surface area (TPSA) is 67.6 Å². The summed E-state index contributed by atoms with van der Waals surface area (Å²) in [5, 5.41) is 6.27. The van der Waals surface area contributed by atoms with Gasteiger partial charge in [-0.05, 0) is 14.1 Å². The van der Waals surface area contributed by atoms with Gasteiger partial charge in [0.2, 0.25) is 0 Å². The van der Waals surface area contributed by atoms with Crippen LogP contribution in [0, 0.1) is 0 Å². The van der Waals surface area contributed by atoms with E-state index in [1.54, 1.807) is 0 Å². The van der Waals surface area contributed by atoms with Crippen molar-refractivity contribution in [1.29, 1.82) is 0 Å². The molecule has 0 atom stereocenters. The highest BCUT2D eigenvalue weighted by Crippen LogP contribution is 2.10. The lowest BCUT2D eigenvalue weighted by atomic mass is 10.4. The van der Waals surface area contributed by atoms with Gasteiger partial charge in [0.15, 0.2) is 5.69 Å². The molecule has 0 aliphatic carbocycles. The summed E-state index contributed by atoms with van der Waals surface area (Å²) in [4.78, 5) is 13.4. The van der Waals surface area contributed by atoms with E-state index in [2.05, 4.69) is 10.5 Å². The highest BCUT2D eigenvalue weighted by molar-refractivity contribution is 5.92. The SMILES string of the molecule is COc1cc(C(=O)NCCN(C)C)no1. The number of carbonyl (C=O) groups excluding carboxylic acids is 1. The molecular formula is C9H15N3O3. The Labute approximate surface area is 88.2 Å². The van der Waals surface area contributed by atoms with E-state index in [-0.39, 0.29) is 17.5 Å². The molecule has 1 heterocycles. The number of ether oxygens (including phenoxy) is 1. The molecule has 6 heteroatoms. The maximum atomic E-state index is 11.4. The van der Waals surface area contributed by atoms with E-state index in [0.717, 1.165) is 6.54 Å². The molecule has 0 aliphatic rings. The van der Waals surface area contributed by atoms with Crippen LogP contribution in [-0.4, -0.2) is 50.3 Å². The van der Waals surface area contributed by atoms with Crippen molar-refractivity contribution in [3.63, 3.8) is 0 Å². The summed E-state index contributed by atoms with van der Waals surface area (Å²) in [5.41, 5.74) is 0.227. The Balaban J connectivity index is 2.40. The molecule has 0 bridgehead atoms. The molecule has 1 N–H and O–H groups in total. The third-order valence-electron chi connectivity index (χ3n) is 1.77. The molecule has 0 fully saturated rings. The van der Waals surface area contributed by atoms with Gasteiger partial charge in [0.05, 0.1) is 13.2 Å². The van der Waals surface area contributed by atoms with E-state index >= 15 is 0 Å². The van der Waals surface area contributed by atoms with Gasteiger partial charge in [-0.25, -0.2) is 0 Å². The lowest BCUT2D eigenvalue weighted by Gasteiger charge is -2.08. The third kappa shape index (κ3) is 3.59. The van der Waals surface area contributed by atoms with Crippen molar-refractivity contribution >= 4 is 5.91 Å². The highest BCUT2D eigenvalue weighted by atomic mass is 16.6. The van der Waals surface area contributed by atoms with Gasteiger partial charge in [-0.1, -0.05) is 5.16 Å². The van der Waals surface area contributed by atoms with Crippen LogP contribution < -0.4 is 10.1 Å². The van der Waals surface area contributed by atoms with Crippen LogP contribution in [0.4, 0.5) is 0 Å². The minimum atomic E-state index is -0.260. The Morgan fingerprint density at radius 3 is 2.93 bits per heavy atom. The summed E-state index contributed by atoms with van der Waals surface area (Å²) >= 11 is 0. The molecule has 0 spiro atoms. The summed E-state index contributed by atoms with van der Waals surface area (Å²) in [6.07, 6.45) is 0. The van der Waals surface area contributed by atoms with Gasteiger partial charge in [-0.15, -0.1) is 0 Å². The molecule has 15 heavy (non-hydrogen) atoms. The van der Waals surface area contributed by atoms with E-state index in [1.807, 2.05) is 19.0 Å². The molecule has 6 nitrogen and oxygen atoms in total. The van der Waals surface area contributed by atoms with E-state index in [0.29, 0.717) is 6.54 Å². The zero-order valence-electron chi connectivity index (χ0n) is 9.11. The molecule has 0 saturated carbocycles. The molecule has 0 saturated heterocycles. The lowest BCUT2D eigenvalue weighted by molar-refractivity contribution is 0.0941. The predicted molar refractivity (Wildman–Crippen MR) is 53.9 cm³/mol. The fraction of sp³-hybridized carbons (Fsp3) is 0.556. The van der Waals surface area contributed by atoms with Crippen LogP contribution in [0.15, 0.2) is 10.6 Å². The van der Waals surface area contributed by atoms with Crippen LogP contribution in [0.25, 0.3) is 0 Å². The first kappa shape index (κ1) is 11.5. The Bertz CT molecular complexity index is 322. The number of methoxy groups -OCH3 is 1. The number of likely N-dealkylation sites (N-methyl/N-ethyl adjacent to an activating group) is 1. The van der Waals surface area contributed by atoms with Crippen molar-refractivity contribution in [2.75, 3.05) is 34.3 Å². The molecular weight excluding hydrogens is 198 g/mol. The molecule has 1 rings (SSSR count). The standard InChI is InChI=1S/C9H15N3O3/c1-12(2)5-4-10-9(13)7-6-8(14-3)15-11-7/h6H,4-5H2,1-3H3,(H,10,13). The minimum absolute atomic E-state index is 0.227. The Morgan fingerprint density at radius 1 is 1.67 bits per heavy atom. The zero-order chi connectivity index (χ0) is 11.3. The molecule has 84 valence electrons.